The molecule has 0 spiro atoms. The zero-order chi connectivity index (χ0) is 24.1. The van der Waals surface area contributed by atoms with Gasteiger partial charge in [-0.3, -0.25) is 9.59 Å². The third-order valence-corrected chi connectivity index (χ3v) is 5.83. The maximum Gasteiger partial charge on any atom is 0.338 e. The smallest absolute Gasteiger partial charge is 0.338 e. The number of benzene rings is 2. The van der Waals surface area contributed by atoms with Crippen molar-refractivity contribution in [2.45, 2.75) is 19.8 Å². The monoisotopic (exact) mass is 480 g/mol. The van der Waals surface area contributed by atoms with Crippen LogP contribution in [0.2, 0.25) is 5.02 Å². The van der Waals surface area contributed by atoms with Crippen LogP contribution in [-0.4, -0.2) is 41.4 Å². The SMILES string of the molecule is CCOC(=O)c1cccc(NC(=O)[C@@H]2CCCN(c3ccc(=O)n(-c4cccc(Cl)c4)n3)C2)c1. The predicted molar refractivity (Wildman–Crippen MR) is 131 cm³/mol. The highest BCUT2D eigenvalue weighted by Crippen LogP contribution is 2.23. The van der Waals surface area contributed by atoms with E-state index in [1.165, 1.54) is 10.7 Å². The van der Waals surface area contributed by atoms with Crippen LogP contribution >= 0.6 is 11.6 Å². The first-order valence-electron chi connectivity index (χ1n) is 11.1. The Morgan fingerprint density at radius 3 is 2.76 bits per heavy atom. The van der Waals surface area contributed by atoms with Gasteiger partial charge in [0.2, 0.25) is 5.91 Å². The number of piperidine rings is 1. The molecule has 0 bridgehead atoms. The Hall–Kier alpha value is -3.65. The molecule has 1 atom stereocenters. The van der Waals surface area contributed by atoms with Crippen molar-refractivity contribution in [2.24, 2.45) is 5.92 Å². The second-order valence-electron chi connectivity index (χ2n) is 8.00. The lowest BCUT2D eigenvalue weighted by atomic mass is 9.97. The van der Waals surface area contributed by atoms with Crippen LogP contribution in [0.5, 0.6) is 0 Å². The molecule has 0 aliphatic carbocycles. The Bertz CT molecular complexity index is 1260. The van der Waals surface area contributed by atoms with Crippen molar-refractivity contribution in [1.82, 2.24) is 9.78 Å². The Labute approximate surface area is 202 Å². The Balaban J connectivity index is 1.48. The zero-order valence-electron chi connectivity index (χ0n) is 18.7. The summed E-state index contributed by atoms with van der Waals surface area (Å²) < 4.78 is 6.34. The first kappa shape index (κ1) is 23.5. The highest BCUT2D eigenvalue weighted by Gasteiger charge is 2.27. The van der Waals surface area contributed by atoms with E-state index in [0.29, 0.717) is 34.3 Å². The highest BCUT2D eigenvalue weighted by atomic mass is 35.5. The van der Waals surface area contributed by atoms with Gasteiger partial charge in [-0.25, -0.2) is 4.79 Å². The lowest BCUT2D eigenvalue weighted by molar-refractivity contribution is -0.120. The number of nitrogens with zero attached hydrogens (tertiary/aromatic N) is 3. The number of carbonyl (C=O) groups is 2. The maximum absolute atomic E-state index is 13.0. The molecular weight excluding hydrogens is 456 g/mol. The van der Waals surface area contributed by atoms with Crippen molar-refractivity contribution >= 4 is 35.0 Å². The highest BCUT2D eigenvalue weighted by molar-refractivity contribution is 6.30. The van der Waals surface area contributed by atoms with E-state index in [4.69, 9.17) is 16.3 Å². The first-order valence-corrected chi connectivity index (χ1v) is 11.5. The standard InChI is InChI=1S/C25H25ClN4O4/c1-2-34-25(33)17-6-3-9-20(14-17)27-24(32)18-7-5-13-29(16-18)22-11-12-23(31)30(28-22)21-10-4-8-19(26)15-21/h3-4,6,8-12,14-15,18H,2,5,7,13,16H2,1H3,(H,27,32)/t18-/m1/s1. The molecule has 9 heteroatoms. The van der Waals surface area contributed by atoms with Gasteiger partial charge in [-0.05, 0) is 62.2 Å². The van der Waals surface area contributed by atoms with Gasteiger partial charge >= 0.3 is 5.97 Å². The van der Waals surface area contributed by atoms with E-state index in [2.05, 4.69) is 10.4 Å². The number of rotatable bonds is 6. The van der Waals surface area contributed by atoms with Crippen molar-refractivity contribution in [1.29, 1.82) is 0 Å². The molecule has 1 aliphatic rings. The second-order valence-corrected chi connectivity index (χ2v) is 8.43. The molecule has 2 heterocycles. The van der Waals surface area contributed by atoms with Gasteiger partial charge in [-0.15, -0.1) is 5.10 Å². The summed E-state index contributed by atoms with van der Waals surface area (Å²) in [5, 5.41) is 7.94. The molecule has 34 heavy (non-hydrogen) atoms. The van der Waals surface area contributed by atoms with Gasteiger partial charge in [0, 0.05) is 29.9 Å². The van der Waals surface area contributed by atoms with E-state index in [0.717, 1.165) is 19.4 Å². The molecule has 8 nitrogen and oxygen atoms in total. The van der Waals surface area contributed by atoms with Crippen molar-refractivity contribution < 1.29 is 14.3 Å². The number of ether oxygens (including phenoxy) is 1. The normalized spacial score (nSPS) is 15.6. The summed E-state index contributed by atoms with van der Waals surface area (Å²) in [5.41, 5.74) is 1.24. The van der Waals surface area contributed by atoms with Crippen LogP contribution < -0.4 is 15.8 Å². The second kappa shape index (κ2) is 10.5. The molecular formula is C25H25ClN4O4. The number of nitrogens with one attached hydrogen (secondary N) is 1. The molecule has 4 rings (SSSR count). The zero-order valence-corrected chi connectivity index (χ0v) is 19.5. The summed E-state index contributed by atoms with van der Waals surface area (Å²) in [4.78, 5) is 39.4. The van der Waals surface area contributed by atoms with Crippen molar-refractivity contribution in [3.05, 3.63) is 81.6 Å². The number of carbonyl (C=O) groups excluding carboxylic acids is 2. The van der Waals surface area contributed by atoms with Gasteiger partial charge in [0.15, 0.2) is 0 Å². The fourth-order valence-electron chi connectivity index (χ4n) is 3.94. The molecule has 0 unspecified atom stereocenters. The van der Waals surface area contributed by atoms with Crippen LogP contribution in [0, 0.1) is 5.92 Å². The van der Waals surface area contributed by atoms with Crippen LogP contribution in [0.25, 0.3) is 5.69 Å². The van der Waals surface area contributed by atoms with Crippen LogP contribution in [0.1, 0.15) is 30.1 Å². The summed E-state index contributed by atoms with van der Waals surface area (Å²) in [6.45, 7) is 3.22. The van der Waals surface area contributed by atoms with Crippen molar-refractivity contribution in [3.63, 3.8) is 0 Å². The molecule has 1 N–H and O–H groups in total. The van der Waals surface area contributed by atoms with Gasteiger partial charge in [0.1, 0.15) is 5.82 Å². The van der Waals surface area contributed by atoms with E-state index in [-0.39, 0.29) is 24.0 Å². The van der Waals surface area contributed by atoms with Gasteiger partial charge in [0.25, 0.3) is 5.56 Å². The van der Waals surface area contributed by atoms with E-state index < -0.39 is 5.97 Å². The quantitative estimate of drug-likeness (QED) is 0.537. The lowest BCUT2D eigenvalue weighted by Crippen LogP contribution is -2.41. The average Bonchev–Trinajstić information content (AvgIpc) is 2.85. The van der Waals surface area contributed by atoms with Gasteiger partial charge in [0.05, 0.1) is 23.8 Å². The Kier molecular flexibility index (Phi) is 7.27. The van der Waals surface area contributed by atoms with Crippen LogP contribution in [0.3, 0.4) is 0 Å². The van der Waals surface area contributed by atoms with Gasteiger partial charge < -0.3 is 15.0 Å². The molecule has 1 aliphatic heterocycles. The third-order valence-electron chi connectivity index (χ3n) is 5.60. The summed E-state index contributed by atoms with van der Waals surface area (Å²) >= 11 is 6.08. The number of anilines is 2. The fraction of sp³-hybridized carbons (Fsp3) is 0.280. The molecule has 1 amide bonds. The molecule has 1 aromatic heterocycles. The molecule has 0 saturated carbocycles. The summed E-state index contributed by atoms with van der Waals surface area (Å²) in [5.74, 6) is -0.216. The predicted octanol–water partition coefficient (Wildman–Crippen LogP) is 3.92. The number of aromatic nitrogens is 2. The molecule has 176 valence electrons. The van der Waals surface area contributed by atoms with Crippen LogP contribution in [0.15, 0.2) is 65.5 Å². The van der Waals surface area contributed by atoms with Crippen molar-refractivity contribution in [2.75, 3.05) is 29.9 Å². The van der Waals surface area contributed by atoms with Gasteiger partial charge in [-0.2, -0.15) is 4.68 Å². The molecule has 2 aromatic carbocycles. The number of esters is 1. The first-order chi connectivity index (χ1) is 16.4. The minimum absolute atomic E-state index is 0.131. The molecule has 1 saturated heterocycles. The molecule has 0 radical (unpaired) electrons. The number of halogens is 1. The van der Waals surface area contributed by atoms with E-state index >= 15 is 0 Å². The van der Waals surface area contributed by atoms with E-state index in [9.17, 15) is 14.4 Å². The van der Waals surface area contributed by atoms with E-state index in [1.54, 1.807) is 61.5 Å². The van der Waals surface area contributed by atoms with Crippen molar-refractivity contribution in [3.8, 4) is 5.69 Å². The number of amides is 1. The summed E-state index contributed by atoms with van der Waals surface area (Å²) in [7, 11) is 0. The van der Waals surface area contributed by atoms with E-state index in [1.807, 2.05) is 4.90 Å². The minimum atomic E-state index is -0.427. The van der Waals surface area contributed by atoms with Gasteiger partial charge in [-0.1, -0.05) is 23.7 Å². The Morgan fingerprint density at radius 1 is 1.15 bits per heavy atom. The molecule has 3 aromatic rings. The number of hydrogen-bond acceptors (Lipinski definition) is 6. The van der Waals surface area contributed by atoms with Crippen LogP contribution in [-0.2, 0) is 9.53 Å². The fourth-order valence-corrected chi connectivity index (χ4v) is 4.13. The summed E-state index contributed by atoms with van der Waals surface area (Å²) in [6.07, 6.45) is 1.53. The topological polar surface area (TPSA) is 93.5 Å². The number of hydrogen-bond donors (Lipinski definition) is 1. The molecule has 1 fully saturated rings. The summed E-state index contributed by atoms with van der Waals surface area (Å²) in [6, 6.07) is 16.8. The average molecular weight is 481 g/mol. The third kappa shape index (κ3) is 5.46. The lowest BCUT2D eigenvalue weighted by Gasteiger charge is -2.33. The largest absolute Gasteiger partial charge is 0.462 e. The Morgan fingerprint density at radius 2 is 1.97 bits per heavy atom. The minimum Gasteiger partial charge on any atom is -0.462 e. The van der Waals surface area contributed by atoms with Crippen LogP contribution in [0.4, 0.5) is 11.5 Å². The maximum atomic E-state index is 13.0.